The molecule has 0 saturated carbocycles. The smallest absolute Gasteiger partial charge is 0.221 e. The molecule has 11 aromatic carbocycles. The highest BCUT2D eigenvalue weighted by Gasteiger charge is 2.34. The summed E-state index contributed by atoms with van der Waals surface area (Å²) in [6.07, 6.45) is 0. The molecule has 0 aliphatic carbocycles. The third-order valence-electron chi connectivity index (χ3n) is 15.4. The van der Waals surface area contributed by atoms with Crippen molar-refractivity contribution in [2.75, 3.05) is 0 Å². The Hall–Kier alpha value is -9.34. The lowest BCUT2D eigenvalue weighted by atomic mass is 9.88. The van der Waals surface area contributed by atoms with E-state index in [2.05, 4.69) is 221 Å². The first-order chi connectivity index (χ1) is 37.2. The molecule has 0 spiro atoms. The first kappa shape index (κ1) is 42.2. The lowest BCUT2D eigenvalue weighted by Crippen LogP contribution is -2.08. The number of thiophene rings is 3. The van der Waals surface area contributed by atoms with Gasteiger partial charge in [-0.3, -0.25) is 0 Å². The minimum atomic E-state index is 0.411. The van der Waals surface area contributed by atoms with Gasteiger partial charge in [-0.05, 0) is 34.9 Å². The summed E-state index contributed by atoms with van der Waals surface area (Å²) in [7, 11) is 0. The second-order valence-corrected chi connectivity index (χ2v) is 22.3. The summed E-state index contributed by atoms with van der Waals surface area (Å²) in [6.45, 7) is 9.77. The van der Waals surface area contributed by atoms with E-state index < -0.39 is 0 Å². The van der Waals surface area contributed by atoms with Crippen LogP contribution in [0, 0.1) is 17.9 Å². The minimum Gasteiger partial charge on any atom is -0.316 e. The van der Waals surface area contributed by atoms with Gasteiger partial charge in [0.1, 0.15) is 6.07 Å². The van der Waals surface area contributed by atoms with Gasteiger partial charge in [0, 0.05) is 84.7 Å². The van der Waals surface area contributed by atoms with Crippen molar-refractivity contribution in [3.8, 4) is 50.8 Å². The number of para-hydroxylation sites is 1. The molecule has 0 bridgehead atoms. The van der Waals surface area contributed by atoms with Crippen molar-refractivity contribution >= 4 is 144 Å². The molecule has 346 valence electrons. The molecule has 0 saturated heterocycles. The topological polar surface area (TPSA) is 38.0 Å². The van der Waals surface area contributed by atoms with E-state index in [9.17, 15) is 11.8 Å². The molecule has 0 atom stereocenters. The normalized spacial score (nSPS) is 12.0. The number of benzene rings is 11. The van der Waals surface area contributed by atoms with Crippen LogP contribution in [-0.4, -0.2) is 9.13 Å². The second kappa shape index (κ2) is 16.1. The standard InChI is InChI=1S/C68H36N4S3/c1-70-59-58(41-22-9-4-10-23-41)65(72-63-48(33-36-51-44-25-12-15-30-55(44)74-67(51)63)49-34-37-52-45-26-13-16-31-56(45)75-68(52)64(49)72)57(40-20-7-3-8-21-40)53(38-69)61(59)71-60-42(39-18-5-2-6-19-39)27-17-28-46(60)47-32-35-50-43-24-11-14-29-54(43)73-66(50)62(47)71/h2-37H. The summed E-state index contributed by atoms with van der Waals surface area (Å²) in [5.74, 6) is 0. The van der Waals surface area contributed by atoms with Crippen LogP contribution in [-0.2, 0) is 0 Å². The van der Waals surface area contributed by atoms with Crippen molar-refractivity contribution in [1.29, 1.82) is 5.26 Å². The fraction of sp³-hybridized carbons (Fsp3) is 0. The average Bonchev–Trinajstić information content (AvgIpc) is 4.31. The minimum absolute atomic E-state index is 0.411. The average molecular weight is 1010 g/mol. The van der Waals surface area contributed by atoms with Gasteiger partial charge in [-0.1, -0.05) is 200 Å². The predicted octanol–water partition coefficient (Wildman–Crippen LogP) is 20.4. The first-order valence-corrected chi connectivity index (χ1v) is 27.4. The van der Waals surface area contributed by atoms with E-state index in [1.807, 2.05) is 34.8 Å². The molecule has 75 heavy (non-hydrogen) atoms. The number of hydrogen-bond donors (Lipinski definition) is 0. The van der Waals surface area contributed by atoms with Gasteiger partial charge in [0.2, 0.25) is 5.69 Å². The Balaban J connectivity index is 1.20. The van der Waals surface area contributed by atoms with Crippen LogP contribution in [0.25, 0.3) is 154 Å². The number of aromatic nitrogens is 2. The Labute approximate surface area is 441 Å². The van der Waals surface area contributed by atoms with Crippen molar-refractivity contribution in [2.24, 2.45) is 0 Å². The maximum Gasteiger partial charge on any atom is 0.221 e. The molecule has 4 nitrogen and oxygen atoms in total. The molecule has 0 fully saturated rings. The zero-order chi connectivity index (χ0) is 49.5. The summed E-state index contributed by atoms with van der Waals surface area (Å²) in [5.41, 5.74) is 11.7. The Morgan fingerprint density at radius 3 is 1.17 bits per heavy atom. The van der Waals surface area contributed by atoms with Crippen molar-refractivity contribution in [3.05, 3.63) is 235 Å². The van der Waals surface area contributed by atoms with E-state index in [0.717, 1.165) is 102 Å². The quantitative estimate of drug-likeness (QED) is 0.158. The van der Waals surface area contributed by atoms with Crippen molar-refractivity contribution in [1.82, 2.24) is 9.13 Å². The zero-order valence-electron chi connectivity index (χ0n) is 39.8. The largest absolute Gasteiger partial charge is 0.316 e. The van der Waals surface area contributed by atoms with Crippen LogP contribution in [0.4, 0.5) is 5.69 Å². The summed E-state index contributed by atoms with van der Waals surface area (Å²) >= 11 is 5.39. The van der Waals surface area contributed by atoms with Gasteiger partial charge in [-0.25, -0.2) is 4.85 Å². The Bertz CT molecular complexity index is 4990. The molecular weight excluding hydrogens is 969 g/mol. The zero-order valence-corrected chi connectivity index (χ0v) is 42.2. The van der Waals surface area contributed by atoms with Gasteiger partial charge in [0.15, 0.2) is 0 Å². The fourth-order valence-corrected chi connectivity index (χ4v) is 16.0. The van der Waals surface area contributed by atoms with E-state index in [0.29, 0.717) is 16.9 Å². The Morgan fingerprint density at radius 1 is 0.347 bits per heavy atom. The third-order valence-corrected chi connectivity index (χ3v) is 19.0. The van der Waals surface area contributed by atoms with Crippen LogP contribution in [0.15, 0.2) is 218 Å². The van der Waals surface area contributed by atoms with Gasteiger partial charge in [0.25, 0.3) is 0 Å². The van der Waals surface area contributed by atoms with E-state index in [1.54, 1.807) is 11.3 Å². The number of rotatable bonds is 5. The molecule has 7 heteroatoms. The highest BCUT2D eigenvalue weighted by Crippen LogP contribution is 2.56. The van der Waals surface area contributed by atoms with Crippen molar-refractivity contribution < 1.29 is 0 Å². The van der Waals surface area contributed by atoms with Crippen molar-refractivity contribution in [2.45, 2.75) is 0 Å². The van der Waals surface area contributed by atoms with Crippen LogP contribution in [0.3, 0.4) is 0 Å². The van der Waals surface area contributed by atoms with Gasteiger partial charge >= 0.3 is 0 Å². The predicted molar refractivity (Wildman–Crippen MR) is 321 cm³/mol. The van der Waals surface area contributed by atoms with Gasteiger partial charge in [0.05, 0.1) is 59.7 Å². The third kappa shape index (κ3) is 5.83. The molecule has 16 aromatic rings. The molecule has 0 aliphatic rings. The number of nitrogens with zero attached hydrogens (tertiary/aromatic N) is 4. The summed E-state index contributed by atoms with van der Waals surface area (Å²) in [6, 6.07) is 80.6. The molecule has 0 N–H and O–H groups in total. The monoisotopic (exact) mass is 1000 g/mol. The van der Waals surface area contributed by atoms with Crippen LogP contribution in [0.2, 0.25) is 0 Å². The van der Waals surface area contributed by atoms with Crippen LogP contribution in [0.1, 0.15) is 5.56 Å². The number of nitriles is 1. The number of fused-ring (bicyclic) bond motifs is 18. The molecule has 0 aliphatic heterocycles. The molecule has 5 aromatic heterocycles. The lowest BCUT2D eigenvalue weighted by molar-refractivity contribution is 1.15. The maximum absolute atomic E-state index is 12.5. The summed E-state index contributed by atoms with van der Waals surface area (Å²) in [4.78, 5) is 4.78. The highest BCUT2D eigenvalue weighted by atomic mass is 32.1. The Morgan fingerprint density at radius 2 is 0.720 bits per heavy atom. The first-order valence-electron chi connectivity index (χ1n) is 24.9. The van der Waals surface area contributed by atoms with Crippen molar-refractivity contribution in [3.63, 3.8) is 0 Å². The van der Waals surface area contributed by atoms with E-state index in [-0.39, 0.29) is 0 Å². The Kier molecular flexibility index (Phi) is 9.05. The van der Waals surface area contributed by atoms with Crippen LogP contribution < -0.4 is 0 Å². The van der Waals surface area contributed by atoms with Gasteiger partial charge in [-0.15, -0.1) is 34.0 Å². The molecule has 0 radical (unpaired) electrons. The second-order valence-electron chi connectivity index (χ2n) is 19.2. The van der Waals surface area contributed by atoms with E-state index >= 15 is 0 Å². The van der Waals surface area contributed by atoms with E-state index in [1.165, 1.54) is 41.0 Å². The summed E-state index contributed by atoms with van der Waals surface area (Å²) in [5, 5.41) is 24.0. The molecule has 16 rings (SSSR count). The van der Waals surface area contributed by atoms with Gasteiger partial charge < -0.3 is 9.13 Å². The highest BCUT2D eigenvalue weighted by molar-refractivity contribution is 7.27. The molecule has 0 unspecified atom stereocenters. The molecule has 0 amide bonds. The maximum atomic E-state index is 12.5. The SMILES string of the molecule is [C-]#[N+]c1c(-c2ccccc2)c(-n2c3c(ccc4c5ccccc5sc43)c3ccc4c5ccccc5sc4c32)c(-c2ccccc2)c(C#N)c1-n1c2c(-c3ccccc3)cccc2c2ccc3c4ccccc4sc3c21. The van der Waals surface area contributed by atoms with E-state index in [4.69, 9.17) is 4.85 Å². The van der Waals surface area contributed by atoms with Crippen LogP contribution >= 0.6 is 34.0 Å². The lowest BCUT2D eigenvalue weighted by Gasteiger charge is -2.26. The number of hydrogen-bond acceptors (Lipinski definition) is 4. The van der Waals surface area contributed by atoms with Crippen LogP contribution in [0.5, 0.6) is 0 Å². The summed E-state index contributed by atoms with van der Waals surface area (Å²) < 4.78 is 11.8. The van der Waals surface area contributed by atoms with Gasteiger partial charge in [-0.2, -0.15) is 5.26 Å². The fourth-order valence-electron chi connectivity index (χ4n) is 12.3. The molecule has 5 heterocycles. The molecular formula is C68H36N4S3.